The molecule has 3 atom stereocenters. The smallest absolute Gasteiger partial charge is 0.325 e. The Morgan fingerprint density at radius 2 is 2.16 bits per heavy atom. The zero-order valence-electron chi connectivity index (χ0n) is 10.2. The number of halogens is 1. The van der Waals surface area contributed by atoms with Crippen molar-refractivity contribution in [3.8, 4) is 0 Å². The molecule has 2 rings (SSSR count). The summed E-state index contributed by atoms with van der Waals surface area (Å²) in [4.78, 5) is 11.3. The number of aliphatic carboxylic acids is 1. The van der Waals surface area contributed by atoms with Gasteiger partial charge in [0.1, 0.15) is 5.54 Å². The Bertz CT molecular complexity index is 630. The summed E-state index contributed by atoms with van der Waals surface area (Å²) in [6.45, 7) is 1.48. The lowest BCUT2D eigenvalue weighted by molar-refractivity contribution is -0.139. The molecule has 104 valence electrons. The first-order valence-electron chi connectivity index (χ1n) is 5.74. The number of rotatable bonds is 4. The lowest BCUT2D eigenvalue weighted by Gasteiger charge is -2.05. The largest absolute Gasteiger partial charge is 0.480 e. The minimum atomic E-state index is -3.54. The first-order valence-corrected chi connectivity index (χ1v) is 7.83. The lowest BCUT2D eigenvalue weighted by atomic mass is 10.1. The molecule has 1 aliphatic rings. The molecular weight excluding hydrogens is 290 g/mol. The van der Waals surface area contributed by atoms with Crippen molar-refractivity contribution in [2.75, 3.05) is 5.75 Å². The predicted octanol–water partition coefficient (Wildman–Crippen LogP) is 1.02. The van der Waals surface area contributed by atoms with E-state index in [4.69, 9.17) is 17.3 Å². The van der Waals surface area contributed by atoms with Crippen molar-refractivity contribution in [2.45, 2.75) is 23.6 Å². The van der Waals surface area contributed by atoms with Crippen LogP contribution in [0.15, 0.2) is 24.3 Å². The van der Waals surface area contributed by atoms with Gasteiger partial charge in [-0.2, -0.15) is 0 Å². The molecule has 3 N–H and O–H groups in total. The fourth-order valence-electron chi connectivity index (χ4n) is 2.46. The molecule has 19 heavy (non-hydrogen) atoms. The zero-order chi connectivity index (χ0) is 14.4. The first kappa shape index (κ1) is 14.3. The molecule has 1 saturated carbocycles. The van der Waals surface area contributed by atoms with Gasteiger partial charge >= 0.3 is 5.97 Å². The number of carboxylic acids is 1. The van der Waals surface area contributed by atoms with E-state index < -0.39 is 32.5 Å². The number of nitrogens with two attached hydrogens (primary N) is 1. The van der Waals surface area contributed by atoms with Gasteiger partial charge in [0.15, 0.2) is 9.84 Å². The molecule has 1 aliphatic carbocycles. The van der Waals surface area contributed by atoms with Crippen LogP contribution in [0.3, 0.4) is 0 Å². The van der Waals surface area contributed by atoms with Crippen molar-refractivity contribution in [3.05, 3.63) is 34.9 Å². The van der Waals surface area contributed by atoms with Crippen LogP contribution in [0.5, 0.6) is 0 Å². The van der Waals surface area contributed by atoms with Gasteiger partial charge in [0, 0.05) is 16.7 Å². The summed E-state index contributed by atoms with van der Waals surface area (Å²) in [5.74, 6) is -2.20. The van der Waals surface area contributed by atoms with Crippen molar-refractivity contribution < 1.29 is 18.3 Å². The Balaban J connectivity index is 2.49. The van der Waals surface area contributed by atoms with E-state index in [1.807, 2.05) is 0 Å². The second-order valence-electron chi connectivity index (χ2n) is 4.64. The molecule has 0 unspecified atom stereocenters. The summed E-state index contributed by atoms with van der Waals surface area (Å²) in [6.07, 6.45) is 0. The molecule has 1 aromatic carbocycles. The zero-order valence-corrected chi connectivity index (χ0v) is 11.8. The van der Waals surface area contributed by atoms with Crippen LogP contribution in [0.4, 0.5) is 0 Å². The van der Waals surface area contributed by atoms with Crippen molar-refractivity contribution >= 4 is 27.4 Å². The molecule has 0 bridgehead atoms. The average Bonchev–Trinajstić information content (AvgIpc) is 2.98. The molecule has 1 fully saturated rings. The van der Waals surface area contributed by atoms with E-state index in [2.05, 4.69) is 0 Å². The number of hydrogen-bond acceptors (Lipinski definition) is 4. The number of benzene rings is 1. The van der Waals surface area contributed by atoms with Gasteiger partial charge in [0.25, 0.3) is 0 Å². The number of hydrogen-bond donors (Lipinski definition) is 2. The van der Waals surface area contributed by atoms with Gasteiger partial charge in [-0.3, -0.25) is 4.79 Å². The van der Waals surface area contributed by atoms with E-state index in [1.54, 1.807) is 24.3 Å². The molecule has 0 aromatic heterocycles. The third-order valence-corrected chi connectivity index (χ3v) is 6.02. The Labute approximate surface area is 116 Å². The highest BCUT2D eigenvalue weighted by atomic mass is 35.5. The first-order chi connectivity index (χ1) is 8.75. The Kier molecular flexibility index (Phi) is 3.36. The Morgan fingerprint density at radius 1 is 1.53 bits per heavy atom. The van der Waals surface area contributed by atoms with Gasteiger partial charge in [0.05, 0.1) is 5.25 Å². The molecule has 5 nitrogen and oxygen atoms in total. The van der Waals surface area contributed by atoms with Gasteiger partial charge in [-0.25, -0.2) is 8.42 Å². The minimum Gasteiger partial charge on any atom is -0.480 e. The molecule has 7 heteroatoms. The van der Waals surface area contributed by atoms with Crippen LogP contribution in [-0.4, -0.2) is 36.0 Å². The van der Waals surface area contributed by atoms with E-state index in [0.29, 0.717) is 10.6 Å². The normalized spacial score (nSPS) is 30.1. The third-order valence-electron chi connectivity index (χ3n) is 3.55. The highest BCUT2D eigenvalue weighted by molar-refractivity contribution is 7.92. The van der Waals surface area contributed by atoms with E-state index in [9.17, 15) is 18.3 Å². The molecule has 0 spiro atoms. The van der Waals surface area contributed by atoms with Gasteiger partial charge in [-0.15, -0.1) is 0 Å². The highest BCUT2D eigenvalue weighted by Crippen LogP contribution is 2.54. The van der Waals surface area contributed by atoms with Crippen LogP contribution in [0.1, 0.15) is 18.4 Å². The SMILES string of the molecule is CCS(=O)(=O)[C@H]1[C@@H](c2cccc(Cl)c2)[C@@]1(N)C(=O)O. The standard InChI is InChI=1S/C12H14ClNO4S/c1-2-19(17,18)10-9(12(10,14)11(15)16)7-4-3-5-8(13)6-7/h3-6,9-10H,2,14H2,1H3,(H,15,16)/t9-,10+,12+/m1/s1. The average molecular weight is 304 g/mol. The summed E-state index contributed by atoms with van der Waals surface area (Å²) < 4.78 is 23.9. The maximum Gasteiger partial charge on any atom is 0.325 e. The fraction of sp³-hybridized carbons (Fsp3) is 0.417. The number of carbonyl (C=O) groups is 1. The molecule has 1 aromatic rings. The maximum absolute atomic E-state index is 12.0. The summed E-state index contributed by atoms with van der Waals surface area (Å²) in [5.41, 5.74) is 4.58. The summed E-state index contributed by atoms with van der Waals surface area (Å²) in [5, 5.41) is 8.55. The van der Waals surface area contributed by atoms with Crippen LogP contribution in [0, 0.1) is 0 Å². The van der Waals surface area contributed by atoms with Crippen LogP contribution in [-0.2, 0) is 14.6 Å². The Hall–Kier alpha value is -1.11. The predicted molar refractivity (Wildman–Crippen MR) is 72.0 cm³/mol. The molecule has 0 amide bonds. The summed E-state index contributed by atoms with van der Waals surface area (Å²) in [7, 11) is -3.54. The van der Waals surface area contributed by atoms with Crippen molar-refractivity contribution in [3.63, 3.8) is 0 Å². The minimum absolute atomic E-state index is 0.138. The van der Waals surface area contributed by atoms with E-state index >= 15 is 0 Å². The van der Waals surface area contributed by atoms with Gasteiger partial charge in [-0.05, 0) is 17.7 Å². The number of sulfone groups is 1. The van der Waals surface area contributed by atoms with Crippen molar-refractivity contribution in [1.82, 2.24) is 0 Å². The second kappa shape index (κ2) is 4.47. The molecular formula is C12H14ClNO4S. The van der Waals surface area contributed by atoms with E-state index in [-0.39, 0.29) is 5.75 Å². The second-order valence-corrected chi connectivity index (χ2v) is 7.49. The third kappa shape index (κ3) is 2.13. The quantitative estimate of drug-likeness (QED) is 0.865. The van der Waals surface area contributed by atoms with Crippen LogP contribution < -0.4 is 5.73 Å². The monoisotopic (exact) mass is 303 g/mol. The van der Waals surface area contributed by atoms with Gasteiger partial charge in [0.2, 0.25) is 0 Å². The topological polar surface area (TPSA) is 97.5 Å². The van der Waals surface area contributed by atoms with Crippen LogP contribution >= 0.6 is 11.6 Å². The van der Waals surface area contributed by atoms with Crippen molar-refractivity contribution in [2.24, 2.45) is 5.73 Å². The summed E-state index contributed by atoms with van der Waals surface area (Å²) >= 11 is 5.85. The molecule has 0 heterocycles. The van der Waals surface area contributed by atoms with Gasteiger partial charge in [-0.1, -0.05) is 30.7 Å². The van der Waals surface area contributed by atoms with E-state index in [0.717, 1.165) is 0 Å². The van der Waals surface area contributed by atoms with Crippen LogP contribution in [0.25, 0.3) is 0 Å². The number of carboxylic acid groups (broad SMARTS) is 1. The molecule has 0 saturated heterocycles. The Morgan fingerprint density at radius 3 is 2.63 bits per heavy atom. The van der Waals surface area contributed by atoms with Gasteiger partial charge < -0.3 is 10.8 Å². The lowest BCUT2D eigenvalue weighted by Crippen LogP contribution is -2.40. The highest BCUT2D eigenvalue weighted by Gasteiger charge is 2.73. The van der Waals surface area contributed by atoms with Crippen LogP contribution in [0.2, 0.25) is 5.02 Å². The fourth-order valence-corrected chi connectivity index (χ4v) is 4.58. The molecule has 0 radical (unpaired) electrons. The van der Waals surface area contributed by atoms with E-state index in [1.165, 1.54) is 6.92 Å². The molecule has 0 aliphatic heterocycles. The summed E-state index contributed by atoms with van der Waals surface area (Å²) in [6, 6.07) is 6.48. The maximum atomic E-state index is 12.0. The van der Waals surface area contributed by atoms with Crippen molar-refractivity contribution in [1.29, 1.82) is 0 Å².